The first-order valence-corrected chi connectivity index (χ1v) is 11.3. The summed E-state index contributed by atoms with van der Waals surface area (Å²) in [7, 11) is -3.54. The van der Waals surface area contributed by atoms with Crippen LogP contribution in [0.1, 0.15) is 29.5 Å². The SMILES string of the molecule is Cc1ccc(NC(=O)[C@@H]2CCCN(S(=O)(=O)Cc3ccccc3Cl)C2)c(C)c1. The van der Waals surface area contributed by atoms with E-state index >= 15 is 0 Å². The Balaban J connectivity index is 1.69. The van der Waals surface area contributed by atoms with Crippen LogP contribution in [-0.4, -0.2) is 31.7 Å². The Kier molecular flexibility index (Phi) is 6.43. The summed E-state index contributed by atoms with van der Waals surface area (Å²) in [4.78, 5) is 12.7. The molecule has 0 spiro atoms. The van der Waals surface area contributed by atoms with Gasteiger partial charge in [0.15, 0.2) is 0 Å². The van der Waals surface area contributed by atoms with E-state index in [2.05, 4.69) is 5.32 Å². The second-order valence-electron chi connectivity index (χ2n) is 7.35. The van der Waals surface area contributed by atoms with Crippen molar-refractivity contribution < 1.29 is 13.2 Å². The van der Waals surface area contributed by atoms with E-state index in [1.807, 2.05) is 32.0 Å². The van der Waals surface area contributed by atoms with Crippen LogP contribution in [0.25, 0.3) is 0 Å². The van der Waals surface area contributed by atoms with Crippen LogP contribution < -0.4 is 5.32 Å². The van der Waals surface area contributed by atoms with Crippen molar-refractivity contribution in [3.05, 3.63) is 64.2 Å². The molecule has 0 aliphatic carbocycles. The molecular formula is C21H25ClN2O3S. The normalized spacial score (nSPS) is 18.0. The maximum absolute atomic E-state index is 12.9. The number of sulfonamides is 1. The molecule has 28 heavy (non-hydrogen) atoms. The van der Waals surface area contributed by atoms with Gasteiger partial charge in [0, 0.05) is 23.8 Å². The highest BCUT2D eigenvalue weighted by atomic mass is 35.5. The third kappa shape index (κ3) is 4.93. The van der Waals surface area contributed by atoms with Crippen LogP contribution in [0.5, 0.6) is 0 Å². The highest BCUT2D eigenvalue weighted by Gasteiger charge is 2.32. The number of amides is 1. The van der Waals surface area contributed by atoms with Gasteiger partial charge in [-0.25, -0.2) is 12.7 Å². The number of nitrogens with one attached hydrogen (secondary N) is 1. The summed E-state index contributed by atoms with van der Waals surface area (Å²) < 4.78 is 27.1. The Morgan fingerprint density at radius 1 is 1.21 bits per heavy atom. The zero-order valence-corrected chi connectivity index (χ0v) is 17.7. The molecule has 2 aromatic carbocycles. The first kappa shape index (κ1) is 20.8. The van der Waals surface area contributed by atoms with E-state index in [0.29, 0.717) is 30.0 Å². The number of hydrogen-bond donors (Lipinski definition) is 1. The molecule has 0 aromatic heterocycles. The molecule has 7 heteroatoms. The van der Waals surface area contributed by atoms with Crippen molar-refractivity contribution in [3.8, 4) is 0 Å². The molecule has 5 nitrogen and oxygen atoms in total. The first-order chi connectivity index (χ1) is 13.3. The lowest BCUT2D eigenvalue weighted by molar-refractivity contribution is -0.120. The van der Waals surface area contributed by atoms with Gasteiger partial charge < -0.3 is 5.32 Å². The molecule has 1 heterocycles. The first-order valence-electron chi connectivity index (χ1n) is 9.35. The number of piperidine rings is 1. The van der Waals surface area contributed by atoms with Crippen molar-refractivity contribution in [2.24, 2.45) is 5.92 Å². The Morgan fingerprint density at radius 2 is 1.96 bits per heavy atom. The Hall–Kier alpha value is -1.89. The molecule has 0 bridgehead atoms. The highest BCUT2D eigenvalue weighted by Crippen LogP contribution is 2.25. The fraction of sp³-hybridized carbons (Fsp3) is 0.381. The monoisotopic (exact) mass is 420 g/mol. The van der Waals surface area contributed by atoms with E-state index < -0.39 is 10.0 Å². The van der Waals surface area contributed by atoms with Gasteiger partial charge in [0.2, 0.25) is 15.9 Å². The van der Waals surface area contributed by atoms with E-state index in [4.69, 9.17) is 11.6 Å². The van der Waals surface area contributed by atoms with Gasteiger partial charge in [0.25, 0.3) is 0 Å². The molecule has 3 rings (SSSR count). The van der Waals surface area contributed by atoms with Gasteiger partial charge in [-0.3, -0.25) is 4.79 Å². The van der Waals surface area contributed by atoms with Crippen molar-refractivity contribution in [2.45, 2.75) is 32.4 Å². The van der Waals surface area contributed by atoms with Gasteiger partial charge >= 0.3 is 0 Å². The second kappa shape index (κ2) is 8.64. The molecule has 1 N–H and O–H groups in total. The zero-order valence-electron chi connectivity index (χ0n) is 16.1. The van der Waals surface area contributed by atoms with Crippen LogP contribution in [0.2, 0.25) is 5.02 Å². The lowest BCUT2D eigenvalue weighted by atomic mass is 9.98. The summed E-state index contributed by atoms with van der Waals surface area (Å²) in [5, 5.41) is 3.39. The van der Waals surface area contributed by atoms with Gasteiger partial charge in [-0.1, -0.05) is 47.5 Å². The van der Waals surface area contributed by atoms with Crippen LogP contribution in [0.3, 0.4) is 0 Å². The largest absolute Gasteiger partial charge is 0.326 e. The van der Waals surface area contributed by atoms with Crippen LogP contribution in [-0.2, 0) is 20.6 Å². The fourth-order valence-electron chi connectivity index (χ4n) is 3.50. The summed E-state index contributed by atoms with van der Waals surface area (Å²) in [5.74, 6) is -0.655. The molecule has 1 aliphatic heterocycles. The third-order valence-electron chi connectivity index (χ3n) is 5.08. The summed E-state index contributed by atoms with van der Waals surface area (Å²) in [6.45, 7) is 4.58. The average Bonchev–Trinajstić information content (AvgIpc) is 2.66. The maximum Gasteiger partial charge on any atom is 0.228 e. The minimum absolute atomic E-state index is 0.135. The summed E-state index contributed by atoms with van der Waals surface area (Å²) in [6.07, 6.45) is 1.33. The number of anilines is 1. The number of aryl methyl sites for hydroxylation is 2. The van der Waals surface area contributed by atoms with Crippen LogP contribution >= 0.6 is 11.6 Å². The van der Waals surface area contributed by atoms with E-state index in [9.17, 15) is 13.2 Å². The van der Waals surface area contributed by atoms with Gasteiger partial charge in [0.1, 0.15) is 0 Å². The average molecular weight is 421 g/mol. The van der Waals surface area contributed by atoms with Crippen molar-refractivity contribution in [1.82, 2.24) is 4.31 Å². The van der Waals surface area contributed by atoms with E-state index in [0.717, 1.165) is 16.8 Å². The lowest BCUT2D eigenvalue weighted by Gasteiger charge is -2.31. The van der Waals surface area contributed by atoms with Gasteiger partial charge in [0.05, 0.1) is 11.7 Å². The molecule has 1 fully saturated rings. The number of halogens is 1. The standard InChI is InChI=1S/C21H25ClN2O3S/c1-15-9-10-20(16(2)12-15)23-21(25)17-7-5-11-24(13-17)28(26,27)14-18-6-3-4-8-19(18)22/h3-4,6,8-10,12,17H,5,7,11,13-14H2,1-2H3,(H,23,25)/t17-/m1/s1. The molecule has 1 amide bonds. The highest BCUT2D eigenvalue weighted by molar-refractivity contribution is 7.88. The number of carbonyl (C=O) groups excluding carboxylic acids is 1. The van der Waals surface area contributed by atoms with E-state index in [1.54, 1.807) is 24.3 Å². The molecule has 1 aliphatic rings. The smallest absolute Gasteiger partial charge is 0.228 e. The van der Waals surface area contributed by atoms with E-state index in [1.165, 1.54) is 4.31 Å². The van der Waals surface area contributed by atoms with Crippen molar-refractivity contribution in [1.29, 1.82) is 0 Å². The third-order valence-corrected chi connectivity index (χ3v) is 7.25. The molecule has 1 saturated heterocycles. The van der Waals surface area contributed by atoms with Gasteiger partial charge in [-0.05, 0) is 49.9 Å². The quantitative estimate of drug-likeness (QED) is 0.790. The van der Waals surface area contributed by atoms with Crippen LogP contribution in [0.4, 0.5) is 5.69 Å². The summed E-state index contributed by atoms with van der Waals surface area (Å²) >= 11 is 6.12. The molecule has 0 saturated carbocycles. The zero-order chi connectivity index (χ0) is 20.3. The van der Waals surface area contributed by atoms with E-state index in [-0.39, 0.29) is 24.1 Å². The molecule has 150 valence electrons. The number of hydrogen-bond acceptors (Lipinski definition) is 3. The van der Waals surface area contributed by atoms with Crippen molar-refractivity contribution >= 4 is 33.2 Å². The van der Waals surface area contributed by atoms with Crippen LogP contribution in [0.15, 0.2) is 42.5 Å². The van der Waals surface area contributed by atoms with Gasteiger partial charge in [-0.2, -0.15) is 0 Å². The summed E-state index contributed by atoms with van der Waals surface area (Å²) in [5.41, 5.74) is 3.47. The molecule has 0 radical (unpaired) electrons. The minimum atomic E-state index is -3.54. The fourth-order valence-corrected chi connectivity index (χ4v) is 5.42. The number of carbonyl (C=O) groups is 1. The van der Waals surface area contributed by atoms with Crippen molar-refractivity contribution in [3.63, 3.8) is 0 Å². The minimum Gasteiger partial charge on any atom is -0.326 e. The molecule has 2 aromatic rings. The van der Waals surface area contributed by atoms with Gasteiger partial charge in [-0.15, -0.1) is 0 Å². The Morgan fingerprint density at radius 3 is 2.68 bits per heavy atom. The number of benzene rings is 2. The second-order valence-corrected chi connectivity index (χ2v) is 9.73. The molecular weight excluding hydrogens is 396 g/mol. The predicted octanol–water partition coefficient (Wildman–Crippen LogP) is 4.14. The topological polar surface area (TPSA) is 66.5 Å². The van der Waals surface area contributed by atoms with Crippen LogP contribution in [0, 0.1) is 19.8 Å². The summed E-state index contributed by atoms with van der Waals surface area (Å²) in [6, 6.07) is 12.8. The number of rotatable bonds is 5. The molecule has 0 unspecified atom stereocenters. The Labute approximate surface area is 171 Å². The lowest BCUT2D eigenvalue weighted by Crippen LogP contribution is -2.44. The predicted molar refractivity (Wildman–Crippen MR) is 113 cm³/mol. The van der Waals surface area contributed by atoms with Crippen molar-refractivity contribution in [2.75, 3.05) is 18.4 Å². The molecule has 1 atom stereocenters. The Bertz CT molecular complexity index is 975. The number of nitrogens with zero attached hydrogens (tertiary/aromatic N) is 1. The maximum atomic E-state index is 12.9.